The molecule has 0 atom stereocenters. The number of benzene rings is 2. The normalized spacial score (nSPS) is 11.7. The second kappa shape index (κ2) is 8.67. The lowest BCUT2D eigenvalue weighted by molar-refractivity contribution is -0.115. The van der Waals surface area contributed by atoms with E-state index in [0.717, 1.165) is 0 Å². The minimum atomic E-state index is -3.95. The highest BCUT2D eigenvalue weighted by molar-refractivity contribution is 7.87. The average Bonchev–Trinajstić information content (AvgIpc) is 2.60. The highest BCUT2D eigenvalue weighted by Crippen LogP contribution is 2.31. The number of rotatable bonds is 8. The summed E-state index contributed by atoms with van der Waals surface area (Å²) in [5.74, 6) is 0.677. The van der Waals surface area contributed by atoms with Gasteiger partial charge in [-0.1, -0.05) is 44.2 Å². The summed E-state index contributed by atoms with van der Waals surface area (Å²) in [6.45, 7) is 3.96. The van der Waals surface area contributed by atoms with Crippen molar-refractivity contribution >= 4 is 22.0 Å². The van der Waals surface area contributed by atoms with Crippen molar-refractivity contribution in [3.63, 3.8) is 0 Å². The smallest absolute Gasteiger partial charge is 0.339 e. The summed E-state index contributed by atoms with van der Waals surface area (Å²) in [4.78, 5) is 11.8. The second-order valence-electron chi connectivity index (χ2n) is 6.16. The Balaban J connectivity index is 2.21. The maximum absolute atomic E-state index is 12.3. The standard InChI is InChI=1S/C20H22O5S/c1-15(2)13-17(21)11-9-16-10-12-19(20(14-16)24-3)25-26(22,23)18-7-5-4-6-8-18/h4-12,14-15H,13H2,1-3H3/b11-9+. The Kier molecular flexibility index (Phi) is 6.58. The minimum absolute atomic E-state index is 0.0333. The van der Waals surface area contributed by atoms with E-state index in [1.54, 1.807) is 36.4 Å². The zero-order chi connectivity index (χ0) is 19.2. The van der Waals surface area contributed by atoms with Crippen molar-refractivity contribution < 1.29 is 22.1 Å². The van der Waals surface area contributed by atoms with Crippen LogP contribution in [0.25, 0.3) is 6.08 Å². The van der Waals surface area contributed by atoms with E-state index < -0.39 is 10.1 Å². The van der Waals surface area contributed by atoms with Crippen molar-refractivity contribution in [3.8, 4) is 11.5 Å². The lowest BCUT2D eigenvalue weighted by Crippen LogP contribution is -2.10. The maximum atomic E-state index is 12.3. The van der Waals surface area contributed by atoms with Crippen molar-refractivity contribution in [2.24, 2.45) is 5.92 Å². The summed E-state index contributed by atoms with van der Waals surface area (Å²) in [6, 6.07) is 12.7. The van der Waals surface area contributed by atoms with Gasteiger partial charge < -0.3 is 8.92 Å². The van der Waals surface area contributed by atoms with Crippen LogP contribution in [-0.2, 0) is 14.9 Å². The van der Waals surface area contributed by atoms with Crippen molar-refractivity contribution in [2.75, 3.05) is 7.11 Å². The van der Waals surface area contributed by atoms with Crippen LogP contribution in [-0.4, -0.2) is 21.3 Å². The van der Waals surface area contributed by atoms with Crippen LogP contribution in [0.3, 0.4) is 0 Å². The highest BCUT2D eigenvalue weighted by Gasteiger charge is 2.18. The van der Waals surface area contributed by atoms with E-state index in [2.05, 4.69) is 0 Å². The molecule has 0 saturated heterocycles. The van der Waals surface area contributed by atoms with E-state index in [4.69, 9.17) is 8.92 Å². The largest absolute Gasteiger partial charge is 0.493 e. The molecule has 0 aliphatic carbocycles. The summed E-state index contributed by atoms with van der Waals surface area (Å²) in [6.07, 6.45) is 3.66. The fraction of sp³-hybridized carbons (Fsp3) is 0.250. The lowest BCUT2D eigenvalue weighted by Gasteiger charge is -2.11. The van der Waals surface area contributed by atoms with Crippen LogP contribution in [0.5, 0.6) is 11.5 Å². The molecule has 2 aromatic carbocycles. The quantitative estimate of drug-likeness (QED) is 0.514. The molecule has 0 radical (unpaired) electrons. The zero-order valence-electron chi connectivity index (χ0n) is 15.0. The molecular weight excluding hydrogens is 352 g/mol. The van der Waals surface area contributed by atoms with Crippen molar-refractivity contribution in [3.05, 3.63) is 60.2 Å². The Hall–Kier alpha value is -2.60. The average molecular weight is 374 g/mol. The van der Waals surface area contributed by atoms with Crippen molar-refractivity contribution in [2.45, 2.75) is 25.2 Å². The minimum Gasteiger partial charge on any atom is -0.493 e. The Morgan fingerprint density at radius 1 is 1.08 bits per heavy atom. The predicted octanol–water partition coefficient (Wildman–Crippen LogP) is 4.09. The van der Waals surface area contributed by atoms with Gasteiger partial charge in [-0.2, -0.15) is 8.42 Å². The van der Waals surface area contributed by atoms with Gasteiger partial charge in [-0.25, -0.2) is 0 Å². The first kappa shape index (κ1) is 19.7. The van der Waals surface area contributed by atoms with Gasteiger partial charge >= 0.3 is 10.1 Å². The van der Waals surface area contributed by atoms with Crippen LogP contribution in [0.1, 0.15) is 25.8 Å². The van der Waals surface area contributed by atoms with Gasteiger partial charge in [0.15, 0.2) is 17.3 Å². The molecule has 0 aliphatic rings. The highest BCUT2D eigenvalue weighted by atomic mass is 32.2. The first-order valence-electron chi connectivity index (χ1n) is 8.20. The molecule has 0 spiro atoms. The van der Waals surface area contributed by atoms with Gasteiger partial charge in [0.25, 0.3) is 0 Å². The van der Waals surface area contributed by atoms with Gasteiger partial charge in [0.1, 0.15) is 4.90 Å². The molecule has 0 unspecified atom stereocenters. The second-order valence-corrected chi connectivity index (χ2v) is 7.70. The molecule has 0 heterocycles. The fourth-order valence-corrected chi connectivity index (χ4v) is 3.23. The molecule has 0 saturated carbocycles. The predicted molar refractivity (Wildman–Crippen MR) is 101 cm³/mol. The van der Waals surface area contributed by atoms with Gasteiger partial charge in [0.2, 0.25) is 0 Å². The van der Waals surface area contributed by atoms with Gasteiger partial charge in [-0.05, 0) is 41.8 Å². The summed E-state index contributed by atoms with van der Waals surface area (Å²) in [5, 5.41) is 0. The fourth-order valence-electron chi connectivity index (χ4n) is 2.27. The number of allylic oxidation sites excluding steroid dienone is 1. The van der Waals surface area contributed by atoms with Crippen LogP contribution in [0.15, 0.2) is 59.5 Å². The molecule has 0 amide bonds. The van der Waals surface area contributed by atoms with Crippen molar-refractivity contribution in [1.82, 2.24) is 0 Å². The Bertz CT molecular complexity index is 884. The molecule has 2 rings (SSSR count). The van der Waals surface area contributed by atoms with Crippen LogP contribution >= 0.6 is 0 Å². The monoisotopic (exact) mass is 374 g/mol. The number of methoxy groups -OCH3 is 1. The maximum Gasteiger partial charge on any atom is 0.339 e. The molecule has 26 heavy (non-hydrogen) atoms. The SMILES string of the molecule is COc1cc(/C=C/C(=O)CC(C)C)ccc1OS(=O)(=O)c1ccccc1. The molecule has 138 valence electrons. The molecule has 0 bridgehead atoms. The molecule has 5 nitrogen and oxygen atoms in total. The first-order valence-corrected chi connectivity index (χ1v) is 9.61. The summed E-state index contributed by atoms with van der Waals surface area (Å²) >= 11 is 0. The third-order valence-electron chi connectivity index (χ3n) is 3.49. The molecule has 0 aliphatic heterocycles. The Morgan fingerprint density at radius 3 is 2.38 bits per heavy atom. The number of carbonyl (C=O) groups is 1. The molecule has 6 heteroatoms. The molecule has 0 N–H and O–H groups in total. The molecule has 0 fully saturated rings. The topological polar surface area (TPSA) is 69.7 Å². The van der Waals surface area contributed by atoms with Gasteiger partial charge in [-0.3, -0.25) is 4.79 Å². The number of ketones is 1. The number of carbonyl (C=O) groups excluding carboxylic acids is 1. The van der Waals surface area contributed by atoms with Crippen LogP contribution < -0.4 is 8.92 Å². The van der Waals surface area contributed by atoms with E-state index in [-0.39, 0.29) is 22.2 Å². The Morgan fingerprint density at radius 2 is 1.77 bits per heavy atom. The Labute approximate surface area is 154 Å². The van der Waals surface area contributed by atoms with Gasteiger partial charge in [0, 0.05) is 6.42 Å². The molecular formula is C20H22O5S. The van der Waals surface area contributed by atoms with E-state index >= 15 is 0 Å². The number of hydrogen-bond acceptors (Lipinski definition) is 5. The zero-order valence-corrected chi connectivity index (χ0v) is 15.8. The molecule has 2 aromatic rings. The summed E-state index contributed by atoms with van der Waals surface area (Å²) < 4.78 is 35.1. The van der Waals surface area contributed by atoms with Gasteiger partial charge in [-0.15, -0.1) is 0 Å². The first-order chi connectivity index (χ1) is 12.3. The lowest BCUT2D eigenvalue weighted by atomic mass is 10.1. The van der Waals surface area contributed by atoms with Crippen LogP contribution in [0.2, 0.25) is 0 Å². The van der Waals surface area contributed by atoms with E-state index in [1.807, 2.05) is 13.8 Å². The van der Waals surface area contributed by atoms with E-state index in [1.165, 1.54) is 31.4 Å². The van der Waals surface area contributed by atoms with E-state index in [0.29, 0.717) is 17.9 Å². The van der Waals surface area contributed by atoms with Crippen molar-refractivity contribution in [1.29, 1.82) is 0 Å². The third kappa shape index (κ3) is 5.46. The van der Waals surface area contributed by atoms with Crippen LogP contribution in [0.4, 0.5) is 0 Å². The summed E-state index contributed by atoms with van der Waals surface area (Å²) in [7, 11) is -2.52. The molecule has 0 aromatic heterocycles. The van der Waals surface area contributed by atoms with E-state index in [9.17, 15) is 13.2 Å². The van der Waals surface area contributed by atoms with Gasteiger partial charge in [0.05, 0.1) is 7.11 Å². The number of hydrogen-bond donors (Lipinski definition) is 0. The summed E-state index contributed by atoms with van der Waals surface area (Å²) in [5.41, 5.74) is 0.711. The van der Waals surface area contributed by atoms with Crippen LogP contribution in [0, 0.1) is 5.92 Å². The number of ether oxygens (including phenoxy) is 1. The third-order valence-corrected chi connectivity index (χ3v) is 4.74.